The minimum absolute atomic E-state index is 0.240. The fourth-order valence-corrected chi connectivity index (χ4v) is 2.12. The summed E-state index contributed by atoms with van der Waals surface area (Å²) in [5, 5.41) is 0. The zero-order valence-electron chi connectivity index (χ0n) is 12.0. The van der Waals surface area contributed by atoms with Crippen molar-refractivity contribution < 1.29 is 13.9 Å². The van der Waals surface area contributed by atoms with Crippen molar-refractivity contribution in [1.82, 2.24) is 0 Å². The van der Waals surface area contributed by atoms with E-state index in [2.05, 4.69) is 0 Å². The number of ether oxygens (including phenoxy) is 1. The minimum atomic E-state index is -0.442. The first-order valence-electron chi connectivity index (χ1n) is 6.58. The molecule has 0 aliphatic rings. The summed E-state index contributed by atoms with van der Waals surface area (Å²) < 4.78 is 19.1. The zero-order valence-corrected chi connectivity index (χ0v) is 12.0. The van der Waals surface area contributed by atoms with E-state index in [0.29, 0.717) is 23.5 Å². The Labute approximate surface area is 122 Å². The molecule has 0 unspecified atom stereocenters. The molecule has 0 aliphatic carbocycles. The Kier molecular flexibility index (Phi) is 4.42. The molecule has 5 heteroatoms. The van der Waals surface area contributed by atoms with Gasteiger partial charge in [-0.15, -0.1) is 0 Å². The van der Waals surface area contributed by atoms with Gasteiger partial charge in [-0.25, -0.2) is 4.39 Å². The van der Waals surface area contributed by atoms with Crippen LogP contribution in [0.2, 0.25) is 0 Å². The summed E-state index contributed by atoms with van der Waals surface area (Å²) in [6, 6.07) is 10.9. The highest BCUT2D eigenvalue weighted by Crippen LogP contribution is 2.26. The topological polar surface area (TPSA) is 55.6 Å². The second kappa shape index (κ2) is 6.26. The largest absolute Gasteiger partial charge is 0.496 e. The SMILES string of the molecule is CCN(C(=O)c1ccc(N)cc1OC)c1ccccc1F. The number of nitrogen functional groups attached to an aromatic ring is 1. The van der Waals surface area contributed by atoms with Crippen molar-refractivity contribution in [3.63, 3.8) is 0 Å². The van der Waals surface area contributed by atoms with E-state index in [1.54, 1.807) is 43.3 Å². The van der Waals surface area contributed by atoms with Gasteiger partial charge in [0.15, 0.2) is 0 Å². The molecule has 2 aromatic rings. The minimum Gasteiger partial charge on any atom is -0.496 e. The molecule has 0 saturated carbocycles. The lowest BCUT2D eigenvalue weighted by Gasteiger charge is -2.22. The number of nitrogens with zero attached hydrogens (tertiary/aromatic N) is 1. The first-order chi connectivity index (χ1) is 10.1. The first-order valence-corrected chi connectivity index (χ1v) is 6.58. The van der Waals surface area contributed by atoms with Gasteiger partial charge in [0.25, 0.3) is 5.91 Å². The molecule has 0 saturated heterocycles. The lowest BCUT2D eigenvalue weighted by atomic mass is 10.1. The molecule has 2 N–H and O–H groups in total. The van der Waals surface area contributed by atoms with Crippen LogP contribution in [-0.4, -0.2) is 19.6 Å². The van der Waals surface area contributed by atoms with E-state index in [1.165, 1.54) is 18.1 Å². The van der Waals surface area contributed by atoms with Gasteiger partial charge in [-0.3, -0.25) is 4.79 Å². The molecule has 21 heavy (non-hydrogen) atoms. The van der Waals surface area contributed by atoms with E-state index in [4.69, 9.17) is 10.5 Å². The van der Waals surface area contributed by atoms with Crippen molar-refractivity contribution >= 4 is 17.3 Å². The summed E-state index contributed by atoms with van der Waals surface area (Å²) in [4.78, 5) is 14.0. The second-order valence-corrected chi connectivity index (χ2v) is 4.46. The van der Waals surface area contributed by atoms with Crippen LogP contribution in [0.4, 0.5) is 15.8 Å². The zero-order chi connectivity index (χ0) is 15.4. The van der Waals surface area contributed by atoms with Crippen molar-refractivity contribution in [2.75, 3.05) is 24.3 Å². The number of rotatable bonds is 4. The van der Waals surface area contributed by atoms with Gasteiger partial charge in [0.1, 0.15) is 11.6 Å². The maximum atomic E-state index is 13.9. The number of hydrogen-bond acceptors (Lipinski definition) is 3. The Bertz CT molecular complexity index is 658. The van der Waals surface area contributed by atoms with Gasteiger partial charge in [0.2, 0.25) is 0 Å². The molecular weight excluding hydrogens is 271 g/mol. The maximum Gasteiger partial charge on any atom is 0.262 e. The highest BCUT2D eigenvalue weighted by Gasteiger charge is 2.22. The molecule has 1 amide bonds. The number of anilines is 2. The van der Waals surface area contributed by atoms with Crippen LogP contribution in [0.5, 0.6) is 5.75 Å². The van der Waals surface area contributed by atoms with Gasteiger partial charge in [-0.1, -0.05) is 12.1 Å². The van der Waals surface area contributed by atoms with Crippen LogP contribution in [0, 0.1) is 5.82 Å². The standard InChI is InChI=1S/C16H17FN2O2/c1-3-19(14-7-5-4-6-13(14)17)16(20)12-9-8-11(18)10-15(12)21-2/h4-10H,3,18H2,1-2H3. The summed E-state index contributed by atoms with van der Waals surface area (Å²) in [5.74, 6) is -0.406. The molecule has 0 spiro atoms. The van der Waals surface area contributed by atoms with Gasteiger partial charge in [-0.2, -0.15) is 0 Å². The number of para-hydroxylation sites is 1. The summed E-state index contributed by atoms with van der Waals surface area (Å²) in [6.07, 6.45) is 0. The van der Waals surface area contributed by atoms with Gasteiger partial charge in [-0.05, 0) is 31.2 Å². The quantitative estimate of drug-likeness (QED) is 0.880. The fraction of sp³-hybridized carbons (Fsp3) is 0.188. The summed E-state index contributed by atoms with van der Waals surface area (Å²) in [7, 11) is 1.46. The average Bonchev–Trinajstić information content (AvgIpc) is 2.49. The van der Waals surface area contributed by atoms with Crippen LogP contribution >= 0.6 is 0 Å². The number of benzene rings is 2. The van der Waals surface area contributed by atoms with Crippen molar-refractivity contribution in [3.8, 4) is 5.75 Å². The van der Waals surface area contributed by atoms with Gasteiger partial charge >= 0.3 is 0 Å². The lowest BCUT2D eigenvalue weighted by Crippen LogP contribution is -2.31. The van der Waals surface area contributed by atoms with Gasteiger partial charge in [0.05, 0.1) is 18.4 Å². The van der Waals surface area contributed by atoms with Crippen molar-refractivity contribution in [2.45, 2.75) is 6.92 Å². The van der Waals surface area contributed by atoms with Gasteiger partial charge in [0, 0.05) is 18.3 Å². The van der Waals surface area contributed by atoms with Crippen molar-refractivity contribution in [1.29, 1.82) is 0 Å². The molecule has 0 atom stereocenters. The molecule has 0 aromatic heterocycles. The summed E-state index contributed by atoms with van der Waals surface area (Å²) in [5.41, 5.74) is 6.76. The lowest BCUT2D eigenvalue weighted by molar-refractivity contribution is 0.0984. The Morgan fingerprint density at radius 3 is 2.62 bits per heavy atom. The van der Waals surface area contributed by atoms with Gasteiger partial charge < -0.3 is 15.4 Å². The van der Waals surface area contributed by atoms with Crippen molar-refractivity contribution in [2.24, 2.45) is 0 Å². The number of hydrogen-bond donors (Lipinski definition) is 1. The predicted octanol–water partition coefficient (Wildman–Crippen LogP) is 3.08. The number of nitrogens with two attached hydrogens (primary N) is 1. The number of methoxy groups -OCH3 is 1. The Morgan fingerprint density at radius 1 is 1.29 bits per heavy atom. The Morgan fingerprint density at radius 2 is 2.00 bits per heavy atom. The van der Waals surface area contributed by atoms with E-state index in [0.717, 1.165) is 0 Å². The van der Waals surface area contributed by atoms with Crippen LogP contribution in [0.15, 0.2) is 42.5 Å². The average molecular weight is 288 g/mol. The number of halogens is 1. The summed E-state index contributed by atoms with van der Waals surface area (Å²) >= 11 is 0. The molecule has 0 radical (unpaired) electrons. The van der Waals surface area contributed by atoms with Crippen LogP contribution in [0.25, 0.3) is 0 Å². The fourth-order valence-electron chi connectivity index (χ4n) is 2.12. The van der Waals surface area contributed by atoms with Crippen LogP contribution in [0.1, 0.15) is 17.3 Å². The second-order valence-electron chi connectivity index (χ2n) is 4.46. The molecule has 0 bridgehead atoms. The van der Waals surface area contributed by atoms with Crippen molar-refractivity contribution in [3.05, 3.63) is 53.8 Å². The third-order valence-electron chi connectivity index (χ3n) is 3.16. The van der Waals surface area contributed by atoms with Crippen LogP contribution in [-0.2, 0) is 0 Å². The summed E-state index contributed by atoms with van der Waals surface area (Å²) in [6.45, 7) is 2.13. The number of carbonyl (C=O) groups is 1. The predicted molar refractivity (Wildman–Crippen MR) is 81.2 cm³/mol. The smallest absolute Gasteiger partial charge is 0.262 e. The third kappa shape index (κ3) is 2.97. The molecule has 0 heterocycles. The molecular formula is C16H17FN2O2. The molecule has 2 rings (SSSR count). The normalized spacial score (nSPS) is 10.2. The molecule has 4 nitrogen and oxygen atoms in total. The molecule has 0 fully saturated rings. The molecule has 2 aromatic carbocycles. The highest BCUT2D eigenvalue weighted by molar-refractivity contribution is 6.08. The Balaban J connectivity index is 2.44. The molecule has 110 valence electrons. The maximum absolute atomic E-state index is 13.9. The highest BCUT2D eigenvalue weighted by atomic mass is 19.1. The molecule has 0 aliphatic heterocycles. The van der Waals surface area contributed by atoms with E-state index in [1.807, 2.05) is 0 Å². The van der Waals surface area contributed by atoms with E-state index >= 15 is 0 Å². The first kappa shape index (κ1) is 14.8. The van der Waals surface area contributed by atoms with E-state index < -0.39 is 5.82 Å². The van der Waals surface area contributed by atoms with Crippen LogP contribution in [0.3, 0.4) is 0 Å². The monoisotopic (exact) mass is 288 g/mol. The Hall–Kier alpha value is -2.56. The number of carbonyl (C=O) groups excluding carboxylic acids is 1. The van der Waals surface area contributed by atoms with E-state index in [9.17, 15) is 9.18 Å². The number of amides is 1. The van der Waals surface area contributed by atoms with Crippen LogP contribution < -0.4 is 15.4 Å². The third-order valence-corrected chi connectivity index (χ3v) is 3.16. The van der Waals surface area contributed by atoms with E-state index in [-0.39, 0.29) is 11.6 Å².